The monoisotopic (exact) mass is 280 g/mol. The minimum absolute atomic E-state index is 0.0157. The molecule has 2 heterocycles. The van der Waals surface area contributed by atoms with E-state index in [1.807, 2.05) is 13.8 Å². The van der Waals surface area contributed by atoms with Crippen molar-refractivity contribution in [2.75, 3.05) is 13.6 Å². The number of carbonyl (C=O) groups excluding carboxylic acids is 2. The van der Waals surface area contributed by atoms with Crippen LogP contribution in [0.4, 0.5) is 0 Å². The molecule has 0 spiro atoms. The first-order chi connectivity index (χ1) is 9.43. The van der Waals surface area contributed by atoms with Gasteiger partial charge < -0.3 is 10.2 Å². The number of likely N-dealkylation sites (tertiary alicyclic amines) is 1. The van der Waals surface area contributed by atoms with Crippen molar-refractivity contribution in [2.24, 2.45) is 5.92 Å². The summed E-state index contributed by atoms with van der Waals surface area (Å²) in [5.41, 5.74) is -0.436. The average Bonchev–Trinajstić information content (AvgIpc) is 2.98. The van der Waals surface area contributed by atoms with Crippen LogP contribution in [0.1, 0.15) is 32.5 Å². The van der Waals surface area contributed by atoms with Gasteiger partial charge >= 0.3 is 0 Å². The van der Waals surface area contributed by atoms with Crippen LogP contribution in [0.5, 0.6) is 0 Å². The van der Waals surface area contributed by atoms with Crippen molar-refractivity contribution in [1.29, 1.82) is 0 Å². The third kappa shape index (κ3) is 2.78. The third-order valence-corrected chi connectivity index (χ3v) is 4.05. The molecule has 0 radical (unpaired) electrons. The molecular weight excluding hydrogens is 260 g/mol. The molecule has 1 saturated heterocycles. The minimum atomic E-state index is -0.436. The van der Waals surface area contributed by atoms with E-state index in [1.165, 1.54) is 0 Å². The molecule has 1 aromatic rings. The molecule has 1 atom stereocenters. The van der Waals surface area contributed by atoms with Crippen molar-refractivity contribution in [3.05, 3.63) is 5.82 Å². The molecule has 0 bridgehead atoms. The van der Waals surface area contributed by atoms with Crippen LogP contribution < -0.4 is 5.32 Å². The van der Waals surface area contributed by atoms with Crippen LogP contribution in [0.25, 0.3) is 0 Å². The molecule has 0 unspecified atom stereocenters. The molecule has 1 aliphatic rings. The van der Waals surface area contributed by atoms with Crippen molar-refractivity contribution in [1.82, 2.24) is 30.8 Å². The van der Waals surface area contributed by atoms with Gasteiger partial charge in [0.25, 0.3) is 0 Å². The minimum Gasteiger partial charge on any atom is -0.356 e. The molecule has 0 saturated carbocycles. The summed E-state index contributed by atoms with van der Waals surface area (Å²) in [5, 5.41) is 16.4. The van der Waals surface area contributed by atoms with Crippen molar-refractivity contribution >= 4 is 11.8 Å². The predicted molar refractivity (Wildman–Crippen MR) is 70.5 cm³/mol. The van der Waals surface area contributed by atoms with Crippen molar-refractivity contribution < 1.29 is 9.59 Å². The van der Waals surface area contributed by atoms with E-state index in [9.17, 15) is 9.59 Å². The summed E-state index contributed by atoms with van der Waals surface area (Å²) in [6, 6.07) is 0. The standard InChI is InChI=1S/C12H20N6O2/c1-12(2)8(7-10(19)18(12)3)11(20)13-6-4-5-9-14-16-17-15-9/h8H,4-7H2,1-3H3,(H,13,20)(H,14,15,16,17)/t8-/m1/s1. The van der Waals surface area contributed by atoms with Gasteiger partial charge in [-0.25, -0.2) is 0 Å². The molecule has 1 aromatic heterocycles. The van der Waals surface area contributed by atoms with E-state index in [-0.39, 0.29) is 24.2 Å². The van der Waals surface area contributed by atoms with Gasteiger partial charge in [-0.05, 0) is 20.3 Å². The van der Waals surface area contributed by atoms with E-state index in [0.29, 0.717) is 18.8 Å². The Balaban J connectivity index is 1.79. The second kappa shape index (κ2) is 5.56. The van der Waals surface area contributed by atoms with Crippen molar-refractivity contribution in [3.63, 3.8) is 0 Å². The second-order valence-corrected chi connectivity index (χ2v) is 5.59. The van der Waals surface area contributed by atoms with Crippen molar-refractivity contribution in [3.8, 4) is 0 Å². The molecule has 8 heteroatoms. The Morgan fingerprint density at radius 3 is 2.85 bits per heavy atom. The number of H-pyrrole nitrogens is 1. The molecular formula is C12H20N6O2. The number of hydrogen-bond donors (Lipinski definition) is 2. The first-order valence-corrected chi connectivity index (χ1v) is 6.69. The maximum absolute atomic E-state index is 12.2. The zero-order chi connectivity index (χ0) is 14.8. The summed E-state index contributed by atoms with van der Waals surface area (Å²) < 4.78 is 0. The maximum Gasteiger partial charge on any atom is 0.225 e. The number of aromatic amines is 1. The highest BCUT2D eigenvalue weighted by molar-refractivity contribution is 5.90. The number of aryl methyl sites for hydroxylation is 1. The summed E-state index contributed by atoms with van der Waals surface area (Å²) in [4.78, 5) is 25.5. The average molecular weight is 280 g/mol. The number of carbonyl (C=O) groups is 2. The van der Waals surface area contributed by atoms with Crippen LogP contribution in [0.2, 0.25) is 0 Å². The van der Waals surface area contributed by atoms with Gasteiger partial charge in [0, 0.05) is 32.0 Å². The molecule has 1 fully saturated rings. The fraction of sp³-hybridized carbons (Fsp3) is 0.750. The quantitative estimate of drug-likeness (QED) is 0.708. The number of aromatic nitrogens is 4. The smallest absolute Gasteiger partial charge is 0.225 e. The summed E-state index contributed by atoms with van der Waals surface area (Å²) in [6.45, 7) is 4.38. The van der Waals surface area contributed by atoms with E-state index in [4.69, 9.17) is 0 Å². The lowest BCUT2D eigenvalue weighted by atomic mass is 9.88. The number of tetrazole rings is 1. The van der Waals surface area contributed by atoms with Crippen LogP contribution in [-0.2, 0) is 16.0 Å². The van der Waals surface area contributed by atoms with Gasteiger partial charge in [-0.15, -0.1) is 10.2 Å². The lowest BCUT2D eigenvalue weighted by molar-refractivity contribution is -0.128. The predicted octanol–water partition coefficient (Wildman–Crippen LogP) is -0.495. The first kappa shape index (κ1) is 14.4. The number of hydrogen-bond acceptors (Lipinski definition) is 5. The van der Waals surface area contributed by atoms with Crippen LogP contribution in [0.3, 0.4) is 0 Å². The van der Waals surface area contributed by atoms with Crippen molar-refractivity contribution in [2.45, 2.75) is 38.6 Å². The lowest BCUT2D eigenvalue weighted by Crippen LogP contribution is -2.47. The summed E-state index contributed by atoms with van der Waals surface area (Å²) in [6.07, 6.45) is 1.67. The van der Waals surface area contributed by atoms with Crippen LogP contribution in [-0.4, -0.2) is 56.5 Å². The molecule has 8 nitrogen and oxygen atoms in total. The zero-order valence-corrected chi connectivity index (χ0v) is 12.0. The van der Waals surface area contributed by atoms with Gasteiger partial charge in [-0.3, -0.25) is 9.59 Å². The highest BCUT2D eigenvalue weighted by Gasteiger charge is 2.47. The van der Waals surface area contributed by atoms with Crippen LogP contribution >= 0.6 is 0 Å². The fourth-order valence-electron chi connectivity index (χ4n) is 2.40. The Hall–Kier alpha value is -1.99. The highest BCUT2D eigenvalue weighted by atomic mass is 16.2. The Kier molecular flexibility index (Phi) is 4.01. The highest BCUT2D eigenvalue weighted by Crippen LogP contribution is 2.34. The van der Waals surface area contributed by atoms with Gasteiger partial charge in [0.15, 0.2) is 5.82 Å². The van der Waals surface area contributed by atoms with Gasteiger partial charge in [0.05, 0.1) is 5.92 Å². The van der Waals surface area contributed by atoms with Crippen LogP contribution in [0, 0.1) is 5.92 Å². The molecule has 1 aliphatic heterocycles. The first-order valence-electron chi connectivity index (χ1n) is 6.69. The van der Waals surface area contributed by atoms with Gasteiger partial charge in [-0.1, -0.05) is 5.21 Å². The molecule has 2 N–H and O–H groups in total. The molecule has 0 aliphatic carbocycles. The normalized spacial score (nSPS) is 21.2. The van der Waals surface area contributed by atoms with Gasteiger partial charge in [0.1, 0.15) is 0 Å². The summed E-state index contributed by atoms with van der Waals surface area (Å²) in [5.74, 6) is 0.281. The Morgan fingerprint density at radius 2 is 2.30 bits per heavy atom. The maximum atomic E-state index is 12.2. The SMILES string of the molecule is CN1C(=O)C[C@H](C(=O)NCCCc2nn[nH]n2)C1(C)C. The van der Waals surface area contributed by atoms with E-state index >= 15 is 0 Å². The number of rotatable bonds is 5. The topological polar surface area (TPSA) is 104 Å². The van der Waals surface area contributed by atoms with Gasteiger partial charge in [-0.2, -0.15) is 5.21 Å². The Labute approximate surface area is 117 Å². The molecule has 110 valence electrons. The van der Waals surface area contributed by atoms with E-state index < -0.39 is 5.54 Å². The molecule has 2 amide bonds. The second-order valence-electron chi connectivity index (χ2n) is 5.59. The molecule has 2 rings (SSSR count). The Morgan fingerprint density at radius 1 is 1.55 bits per heavy atom. The Bertz CT molecular complexity index is 484. The zero-order valence-electron chi connectivity index (χ0n) is 12.0. The fourth-order valence-corrected chi connectivity index (χ4v) is 2.40. The summed E-state index contributed by atoms with van der Waals surface area (Å²) >= 11 is 0. The van der Waals surface area contributed by atoms with E-state index in [0.717, 1.165) is 6.42 Å². The summed E-state index contributed by atoms with van der Waals surface area (Å²) in [7, 11) is 1.74. The van der Waals surface area contributed by atoms with E-state index in [2.05, 4.69) is 25.9 Å². The van der Waals surface area contributed by atoms with E-state index in [1.54, 1.807) is 11.9 Å². The molecule has 20 heavy (non-hydrogen) atoms. The number of nitrogens with zero attached hydrogens (tertiary/aromatic N) is 4. The third-order valence-electron chi connectivity index (χ3n) is 4.05. The number of amides is 2. The largest absolute Gasteiger partial charge is 0.356 e. The lowest BCUT2D eigenvalue weighted by Gasteiger charge is -2.32. The van der Waals surface area contributed by atoms with Gasteiger partial charge in [0.2, 0.25) is 11.8 Å². The van der Waals surface area contributed by atoms with Crippen LogP contribution in [0.15, 0.2) is 0 Å². The molecule has 0 aromatic carbocycles. The number of nitrogens with one attached hydrogen (secondary N) is 2.